The van der Waals surface area contributed by atoms with Crippen molar-refractivity contribution >= 4 is 34.5 Å². The van der Waals surface area contributed by atoms with Crippen molar-refractivity contribution in [2.75, 3.05) is 18.8 Å². The number of hydrogen-bond acceptors (Lipinski definition) is 3. The summed E-state index contributed by atoms with van der Waals surface area (Å²) in [5.74, 6) is 0.600. The summed E-state index contributed by atoms with van der Waals surface area (Å²) in [6.45, 7) is 2.30. The molecule has 0 aliphatic carbocycles. The van der Waals surface area contributed by atoms with Crippen molar-refractivity contribution in [3.8, 4) is 0 Å². The van der Waals surface area contributed by atoms with Crippen LogP contribution in [0.4, 0.5) is 5.95 Å². The molecule has 21 heavy (non-hydrogen) atoms. The van der Waals surface area contributed by atoms with Gasteiger partial charge in [0.1, 0.15) is 5.52 Å². The highest BCUT2D eigenvalue weighted by molar-refractivity contribution is 6.35. The van der Waals surface area contributed by atoms with Crippen molar-refractivity contribution in [2.45, 2.75) is 32.2 Å². The van der Waals surface area contributed by atoms with Gasteiger partial charge in [-0.25, -0.2) is 4.98 Å². The zero-order valence-corrected chi connectivity index (χ0v) is 12.6. The molecule has 1 aliphatic rings. The third-order valence-electron chi connectivity index (χ3n) is 4.02. The van der Waals surface area contributed by atoms with Crippen LogP contribution in [0.25, 0.3) is 11.0 Å². The zero-order valence-electron chi connectivity index (χ0n) is 11.9. The van der Waals surface area contributed by atoms with Crippen molar-refractivity contribution in [1.82, 2.24) is 14.5 Å². The molecule has 1 aliphatic heterocycles. The Balaban J connectivity index is 1.74. The van der Waals surface area contributed by atoms with E-state index in [-0.39, 0.29) is 5.91 Å². The van der Waals surface area contributed by atoms with Crippen LogP contribution in [0.1, 0.15) is 25.7 Å². The Hall–Kier alpha value is -1.75. The van der Waals surface area contributed by atoms with Crippen LogP contribution in [0.15, 0.2) is 18.2 Å². The normalized spacial score (nSPS) is 15.6. The number of nitrogen functional groups attached to an aromatic ring is 1. The van der Waals surface area contributed by atoms with E-state index in [9.17, 15) is 4.79 Å². The maximum absolute atomic E-state index is 12.2. The molecule has 2 N–H and O–H groups in total. The number of nitrogens with two attached hydrogens (primary N) is 1. The molecule has 5 nitrogen and oxygen atoms in total. The molecular weight excluding hydrogens is 288 g/mol. The number of likely N-dealkylation sites (tertiary alicyclic amines) is 1. The van der Waals surface area contributed by atoms with Crippen molar-refractivity contribution in [1.29, 1.82) is 0 Å². The molecule has 1 aromatic heterocycles. The first-order valence-corrected chi connectivity index (χ1v) is 7.72. The van der Waals surface area contributed by atoms with Crippen molar-refractivity contribution in [3.05, 3.63) is 23.2 Å². The van der Waals surface area contributed by atoms with Gasteiger partial charge in [0.2, 0.25) is 11.9 Å². The number of benzene rings is 1. The van der Waals surface area contributed by atoms with E-state index in [1.165, 1.54) is 6.42 Å². The summed E-state index contributed by atoms with van der Waals surface area (Å²) in [4.78, 5) is 18.5. The Kier molecular flexibility index (Phi) is 4.01. The van der Waals surface area contributed by atoms with Crippen molar-refractivity contribution in [2.24, 2.45) is 0 Å². The smallest absolute Gasteiger partial charge is 0.224 e. The van der Waals surface area contributed by atoms with E-state index in [0.717, 1.165) is 31.4 Å². The molecule has 0 radical (unpaired) electrons. The van der Waals surface area contributed by atoms with Gasteiger partial charge in [0.15, 0.2) is 0 Å². The number of nitrogens with zero attached hydrogens (tertiary/aromatic N) is 3. The summed E-state index contributed by atoms with van der Waals surface area (Å²) in [6, 6.07) is 5.59. The van der Waals surface area contributed by atoms with E-state index < -0.39 is 0 Å². The predicted molar refractivity (Wildman–Crippen MR) is 84.2 cm³/mol. The number of anilines is 1. The van der Waals surface area contributed by atoms with Crippen LogP contribution in [-0.4, -0.2) is 33.4 Å². The SMILES string of the molecule is Nc1nc2c(Cl)cccc2n1CCC(=O)N1CCCCC1. The Morgan fingerprint density at radius 3 is 2.81 bits per heavy atom. The number of halogens is 1. The van der Waals surface area contributed by atoms with Gasteiger partial charge in [-0.2, -0.15) is 0 Å². The number of aromatic nitrogens is 2. The highest BCUT2D eigenvalue weighted by atomic mass is 35.5. The molecule has 3 rings (SSSR count). The fraction of sp³-hybridized carbons (Fsp3) is 0.467. The van der Waals surface area contributed by atoms with E-state index in [2.05, 4.69) is 4.98 Å². The molecule has 6 heteroatoms. The highest BCUT2D eigenvalue weighted by Crippen LogP contribution is 2.25. The van der Waals surface area contributed by atoms with Crippen LogP contribution < -0.4 is 5.73 Å². The maximum atomic E-state index is 12.2. The Morgan fingerprint density at radius 1 is 1.29 bits per heavy atom. The van der Waals surface area contributed by atoms with Gasteiger partial charge in [-0.3, -0.25) is 4.79 Å². The first-order valence-electron chi connectivity index (χ1n) is 7.35. The number of fused-ring (bicyclic) bond motifs is 1. The van der Waals surface area contributed by atoms with E-state index in [0.29, 0.717) is 29.5 Å². The Labute approximate surface area is 128 Å². The predicted octanol–water partition coefficient (Wildman–Crippen LogP) is 2.67. The number of carbonyl (C=O) groups excluding carboxylic acids is 1. The fourth-order valence-electron chi connectivity index (χ4n) is 2.87. The summed E-state index contributed by atoms with van der Waals surface area (Å²) < 4.78 is 1.86. The molecule has 1 amide bonds. The molecule has 0 bridgehead atoms. The summed E-state index contributed by atoms with van der Waals surface area (Å²) in [6.07, 6.45) is 3.89. The molecule has 1 saturated heterocycles. The zero-order chi connectivity index (χ0) is 14.8. The molecule has 0 saturated carbocycles. The van der Waals surface area contributed by atoms with Gasteiger partial charge in [-0.05, 0) is 31.4 Å². The van der Waals surface area contributed by atoms with Gasteiger partial charge in [-0.15, -0.1) is 0 Å². The summed E-state index contributed by atoms with van der Waals surface area (Å²) in [5.41, 5.74) is 7.53. The quantitative estimate of drug-likeness (QED) is 0.948. The number of para-hydroxylation sites is 1. The number of imidazole rings is 1. The number of amides is 1. The third-order valence-corrected chi connectivity index (χ3v) is 4.32. The van der Waals surface area contributed by atoms with Crippen LogP contribution in [0, 0.1) is 0 Å². The number of carbonyl (C=O) groups is 1. The van der Waals surface area contributed by atoms with E-state index in [4.69, 9.17) is 17.3 Å². The highest BCUT2D eigenvalue weighted by Gasteiger charge is 2.17. The van der Waals surface area contributed by atoms with Crippen LogP contribution in [-0.2, 0) is 11.3 Å². The van der Waals surface area contributed by atoms with E-state index in [1.54, 1.807) is 6.07 Å². The lowest BCUT2D eigenvalue weighted by Crippen LogP contribution is -2.36. The van der Waals surface area contributed by atoms with Crippen molar-refractivity contribution in [3.63, 3.8) is 0 Å². The van der Waals surface area contributed by atoms with Crippen LogP contribution in [0.3, 0.4) is 0 Å². The minimum Gasteiger partial charge on any atom is -0.369 e. The molecule has 2 heterocycles. The summed E-state index contributed by atoms with van der Waals surface area (Å²) in [7, 11) is 0. The standard InChI is InChI=1S/C15H19ClN4O/c16-11-5-4-6-12-14(11)18-15(17)20(12)10-7-13(21)19-8-2-1-3-9-19/h4-6H,1-3,7-10H2,(H2,17,18). The van der Waals surface area contributed by atoms with E-state index >= 15 is 0 Å². The molecule has 0 atom stereocenters. The van der Waals surface area contributed by atoms with Gasteiger partial charge in [0.05, 0.1) is 10.5 Å². The van der Waals surface area contributed by atoms with Crippen molar-refractivity contribution < 1.29 is 4.79 Å². The second kappa shape index (κ2) is 5.93. The molecule has 2 aromatic rings. The number of hydrogen-bond donors (Lipinski definition) is 1. The topological polar surface area (TPSA) is 64.1 Å². The van der Waals surface area contributed by atoms with Gasteiger partial charge in [0.25, 0.3) is 0 Å². The minimum absolute atomic E-state index is 0.193. The molecule has 0 unspecified atom stereocenters. The molecule has 1 aromatic carbocycles. The largest absolute Gasteiger partial charge is 0.369 e. The first kappa shape index (κ1) is 14.2. The average Bonchev–Trinajstić information content (AvgIpc) is 2.83. The molecular formula is C15H19ClN4O. The summed E-state index contributed by atoms with van der Waals surface area (Å²) >= 11 is 6.12. The van der Waals surface area contributed by atoms with Gasteiger partial charge in [0, 0.05) is 26.1 Å². The lowest BCUT2D eigenvalue weighted by atomic mass is 10.1. The lowest BCUT2D eigenvalue weighted by Gasteiger charge is -2.26. The first-order chi connectivity index (χ1) is 10.2. The van der Waals surface area contributed by atoms with Crippen LogP contribution in [0.2, 0.25) is 5.02 Å². The lowest BCUT2D eigenvalue weighted by molar-refractivity contribution is -0.132. The number of aryl methyl sites for hydroxylation is 1. The monoisotopic (exact) mass is 306 g/mol. The van der Waals surface area contributed by atoms with Gasteiger partial charge in [-0.1, -0.05) is 17.7 Å². The third kappa shape index (κ3) is 2.83. The molecule has 112 valence electrons. The molecule has 0 spiro atoms. The van der Waals surface area contributed by atoms with Crippen LogP contribution in [0.5, 0.6) is 0 Å². The Bertz CT molecular complexity index is 661. The minimum atomic E-state index is 0.193. The molecule has 1 fully saturated rings. The second-order valence-corrected chi connectivity index (χ2v) is 5.83. The van der Waals surface area contributed by atoms with Crippen LogP contribution >= 0.6 is 11.6 Å². The number of piperidine rings is 1. The van der Waals surface area contributed by atoms with Gasteiger partial charge < -0.3 is 15.2 Å². The van der Waals surface area contributed by atoms with Gasteiger partial charge >= 0.3 is 0 Å². The maximum Gasteiger partial charge on any atom is 0.224 e. The van der Waals surface area contributed by atoms with E-state index in [1.807, 2.05) is 21.6 Å². The summed E-state index contributed by atoms with van der Waals surface area (Å²) in [5, 5.41) is 0.584. The fourth-order valence-corrected chi connectivity index (χ4v) is 3.09. The average molecular weight is 307 g/mol. The number of rotatable bonds is 3. The second-order valence-electron chi connectivity index (χ2n) is 5.42. The Morgan fingerprint density at radius 2 is 2.05 bits per heavy atom.